The lowest BCUT2D eigenvalue weighted by Crippen LogP contribution is -2.52. The van der Waals surface area contributed by atoms with Crippen LogP contribution in [0.25, 0.3) is 0 Å². The summed E-state index contributed by atoms with van der Waals surface area (Å²) in [5.41, 5.74) is 0. The molecule has 18 heavy (non-hydrogen) atoms. The highest BCUT2D eigenvalue weighted by atomic mass is 32.2. The molecule has 2 atom stereocenters. The van der Waals surface area contributed by atoms with Crippen molar-refractivity contribution < 1.29 is 18.3 Å². The number of nitriles is 1. The Labute approximate surface area is 107 Å². The van der Waals surface area contributed by atoms with Crippen LogP contribution in [0, 0.1) is 17.2 Å². The van der Waals surface area contributed by atoms with E-state index in [0.29, 0.717) is 19.3 Å². The molecule has 1 aliphatic heterocycles. The molecule has 2 unspecified atom stereocenters. The minimum Gasteiger partial charge on any atom is -0.480 e. The van der Waals surface area contributed by atoms with Gasteiger partial charge >= 0.3 is 5.97 Å². The van der Waals surface area contributed by atoms with Gasteiger partial charge in [0.2, 0.25) is 0 Å². The maximum Gasteiger partial charge on any atom is 0.322 e. The Kier molecular flexibility index (Phi) is 5.07. The molecule has 2 N–H and O–H groups in total. The third-order valence-corrected chi connectivity index (χ3v) is 4.43. The fourth-order valence-electron chi connectivity index (χ4n) is 1.80. The molecule has 0 amide bonds. The fraction of sp³-hybridized carbons (Fsp3) is 0.800. The molecule has 1 heterocycles. The molecule has 0 aromatic rings. The largest absolute Gasteiger partial charge is 0.480 e. The van der Waals surface area contributed by atoms with Crippen LogP contribution in [-0.2, 0) is 15.0 Å². The number of carbonyl (C=O) groups is 1. The number of hydrogen-bond donors (Lipinski definition) is 2. The Morgan fingerprint density at radius 1 is 1.61 bits per heavy atom. The topological polar surface area (TPSA) is 111 Å². The first-order chi connectivity index (χ1) is 8.38. The zero-order valence-electron chi connectivity index (χ0n) is 10.2. The van der Waals surface area contributed by atoms with E-state index in [-0.39, 0.29) is 13.1 Å². The molecule has 7 nitrogen and oxygen atoms in total. The Morgan fingerprint density at radius 2 is 2.28 bits per heavy atom. The summed E-state index contributed by atoms with van der Waals surface area (Å²) in [7, 11) is -3.83. The second kappa shape index (κ2) is 6.13. The summed E-state index contributed by atoms with van der Waals surface area (Å²) < 4.78 is 27.2. The summed E-state index contributed by atoms with van der Waals surface area (Å²) in [6.45, 7) is 1.78. The van der Waals surface area contributed by atoms with Gasteiger partial charge in [-0.05, 0) is 26.2 Å². The lowest BCUT2D eigenvalue weighted by atomic mass is 10.1. The van der Waals surface area contributed by atoms with Crippen LogP contribution < -0.4 is 4.72 Å². The fourth-order valence-corrected chi connectivity index (χ4v) is 3.32. The van der Waals surface area contributed by atoms with Crippen molar-refractivity contribution in [2.45, 2.75) is 32.2 Å². The van der Waals surface area contributed by atoms with Gasteiger partial charge < -0.3 is 5.11 Å². The van der Waals surface area contributed by atoms with Crippen molar-refractivity contribution in [1.82, 2.24) is 9.03 Å². The van der Waals surface area contributed by atoms with E-state index in [1.54, 1.807) is 6.92 Å². The molecule has 0 aromatic heterocycles. The molecule has 0 aromatic carbocycles. The van der Waals surface area contributed by atoms with Crippen molar-refractivity contribution >= 4 is 16.2 Å². The number of nitrogens with zero attached hydrogens (tertiary/aromatic N) is 2. The lowest BCUT2D eigenvalue weighted by molar-refractivity contribution is -0.142. The van der Waals surface area contributed by atoms with Gasteiger partial charge in [-0.25, -0.2) is 4.72 Å². The number of piperidine rings is 1. The average Bonchev–Trinajstić information content (AvgIpc) is 2.36. The van der Waals surface area contributed by atoms with Gasteiger partial charge in [-0.1, -0.05) is 0 Å². The minimum atomic E-state index is -3.83. The molecule has 1 fully saturated rings. The van der Waals surface area contributed by atoms with E-state index in [1.807, 2.05) is 6.07 Å². The Balaban J connectivity index is 2.76. The third kappa shape index (κ3) is 3.66. The van der Waals surface area contributed by atoms with Crippen LogP contribution in [0.4, 0.5) is 0 Å². The molecule has 102 valence electrons. The zero-order chi connectivity index (χ0) is 13.8. The number of carboxylic acid groups (broad SMARTS) is 1. The quantitative estimate of drug-likeness (QED) is 0.729. The van der Waals surface area contributed by atoms with Crippen molar-refractivity contribution in [3.8, 4) is 6.07 Å². The molecular formula is C10H17N3O4S. The van der Waals surface area contributed by atoms with Crippen LogP contribution in [0.3, 0.4) is 0 Å². The van der Waals surface area contributed by atoms with Crippen LogP contribution in [0.5, 0.6) is 0 Å². The van der Waals surface area contributed by atoms with Gasteiger partial charge in [0.1, 0.15) is 6.04 Å². The minimum absolute atomic E-state index is 0.0122. The first-order valence-corrected chi connectivity index (χ1v) is 7.21. The van der Waals surface area contributed by atoms with Crippen molar-refractivity contribution in [1.29, 1.82) is 5.26 Å². The number of aliphatic carboxylic acids is 1. The molecule has 1 saturated heterocycles. The van der Waals surface area contributed by atoms with Crippen molar-refractivity contribution in [2.24, 2.45) is 5.92 Å². The van der Waals surface area contributed by atoms with Crippen molar-refractivity contribution in [3.63, 3.8) is 0 Å². The molecule has 0 saturated carbocycles. The van der Waals surface area contributed by atoms with Gasteiger partial charge in [-0.3, -0.25) is 4.79 Å². The SMILES string of the molecule is CC(C#N)CNS(=O)(=O)N1CCCCC1C(=O)O. The number of rotatable bonds is 5. The second-order valence-electron chi connectivity index (χ2n) is 4.34. The summed E-state index contributed by atoms with van der Waals surface area (Å²) in [5.74, 6) is -1.58. The van der Waals surface area contributed by atoms with Gasteiger partial charge in [0, 0.05) is 13.1 Å². The number of nitrogens with one attached hydrogen (secondary N) is 1. The molecule has 0 aliphatic carbocycles. The predicted octanol–water partition coefficient (Wildman–Crippen LogP) is -0.0804. The first kappa shape index (κ1) is 14.9. The monoisotopic (exact) mass is 275 g/mol. The molecule has 8 heteroatoms. The normalized spacial score (nSPS) is 23.2. The molecule has 0 spiro atoms. The van der Waals surface area contributed by atoms with Crippen molar-refractivity contribution in [2.75, 3.05) is 13.1 Å². The van der Waals surface area contributed by atoms with E-state index < -0.39 is 28.1 Å². The van der Waals surface area contributed by atoms with Gasteiger partial charge in [-0.15, -0.1) is 0 Å². The smallest absolute Gasteiger partial charge is 0.322 e. The van der Waals surface area contributed by atoms with E-state index >= 15 is 0 Å². The van der Waals surface area contributed by atoms with E-state index in [4.69, 9.17) is 10.4 Å². The maximum atomic E-state index is 12.0. The lowest BCUT2D eigenvalue weighted by Gasteiger charge is -2.31. The van der Waals surface area contributed by atoms with Crippen LogP contribution >= 0.6 is 0 Å². The highest BCUT2D eigenvalue weighted by molar-refractivity contribution is 7.87. The van der Waals surface area contributed by atoms with Gasteiger partial charge in [0.25, 0.3) is 10.2 Å². The van der Waals surface area contributed by atoms with E-state index in [1.165, 1.54) is 0 Å². The summed E-state index contributed by atoms with van der Waals surface area (Å²) in [6.07, 6.45) is 1.68. The zero-order valence-corrected chi connectivity index (χ0v) is 11.0. The molecule has 0 bridgehead atoms. The Hall–Kier alpha value is -1.17. The van der Waals surface area contributed by atoms with Gasteiger partial charge in [0.05, 0.1) is 12.0 Å². The molecular weight excluding hydrogens is 258 g/mol. The molecule has 1 rings (SSSR count). The molecule has 1 aliphatic rings. The van der Waals surface area contributed by atoms with E-state index in [9.17, 15) is 13.2 Å². The van der Waals surface area contributed by atoms with Crippen molar-refractivity contribution in [3.05, 3.63) is 0 Å². The summed E-state index contributed by atoms with van der Waals surface area (Å²) in [6, 6.07) is 0.907. The van der Waals surface area contributed by atoms with Crippen LogP contribution in [0.15, 0.2) is 0 Å². The summed E-state index contributed by atoms with van der Waals surface area (Å²) in [4.78, 5) is 11.0. The third-order valence-electron chi connectivity index (χ3n) is 2.84. The highest BCUT2D eigenvalue weighted by Gasteiger charge is 2.36. The van der Waals surface area contributed by atoms with Gasteiger partial charge in [-0.2, -0.15) is 18.0 Å². The summed E-state index contributed by atoms with van der Waals surface area (Å²) >= 11 is 0. The summed E-state index contributed by atoms with van der Waals surface area (Å²) in [5, 5.41) is 17.6. The number of carboxylic acids is 1. The maximum absolute atomic E-state index is 12.0. The van der Waals surface area contributed by atoms with Gasteiger partial charge in [0.15, 0.2) is 0 Å². The van der Waals surface area contributed by atoms with Crippen LogP contribution in [0.1, 0.15) is 26.2 Å². The van der Waals surface area contributed by atoms with Crippen LogP contribution in [-0.4, -0.2) is 42.9 Å². The first-order valence-electron chi connectivity index (χ1n) is 5.77. The van der Waals surface area contributed by atoms with E-state index in [0.717, 1.165) is 4.31 Å². The average molecular weight is 275 g/mol. The van der Waals surface area contributed by atoms with E-state index in [2.05, 4.69) is 4.72 Å². The second-order valence-corrected chi connectivity index (χ2v) is 6.05. The van der Waals surface area contributed by atoms with Crippen LogP contribution in [0.2, 0.25) is 0 Å². The highest BCUT2D eigenvalue weighted by Crippen LogP contribution is 2.19. The predicted molar refractivity (Wildman–Crippen MR) is 63.7 cm³/mol. The standard InChI is InChI=1S/C10H17N3O4S/c1-8(6-11)7-12-18(16,17)13-5-3-2-4-9(13)10(14)15/h8-9,12H,2-5,7H2,1H3,(H,14,15). The molecule has 0 radical (unpaired) electrons. The Morgan fingerprint density at radius 3 is 2.83 bits per heavy atom. The Bertz CT molecular complexity index is 443. The number of hydrogen-bond acceptors (Lipinski definition) is 4.